The molecule has 17 heavy (non-hydrogen) atoms. The van der Waals surface area contributed by atoms with Crippen LogP contribution in [-0.4, -0.2) is 15.0 Å². The van der Waals surface area contributed by atoms with E-state index in [1.54, 1.807) is 18.2 Å². The summed E-state index contributed by atoms with van der Waals surface area (Å²) in [5.41, 5.74) is 10.9. The van der Waals surface area contributed by atoms with Crippen LogP contribution in [-0.2, 0) is 0 Å². The molecule has 86 valence electrons. The van der Waals surface area contributed by atoms with E-state index in [1.807, 2.05) is 6.07 Å². The van der Waals surface area contributed by atoms with Gasteiger partial charge in [-0.3, -0.25) is 0 Å². The Labute approximate surface area is 103 Å². The maximum atomic E-state index is 8.30. The highest BCUT2D eigenvalue weighted by Crippen LogP contribution is 2.03. The largest absolute Gasteiger partial charge is 0.384 e. The molecule has 0 saturated carbocycles. The second-order valence-corrected chi connectivity index (χ2v) is 3.21. The Hall–Kier alpha value is -2.39. The number of nitrogen functional groups attached to an aromatic ring is 2. The Bertz CT molecular complexity index is 502. The Balaban J connectivity index is 0.000000171. The molecule has 0 aliphatic carbocycles. The van der Waals surface area contributed by atoms with Crippen LogP contribution in [0.2, 0.25) is 5.15 Å². The highest BCUT2D eigenvalue weighted by atomic mass is 35.5. The van der Waals surface area contributed by atoms with Gasteiger partial charge in [0.1, 0.15) is 17.0 Å². The first kappa shape index (κ1) is 12.7. The third-order valence-corrected chi connectivity index (χ3v) is 1.78. The van der Waals surface area contributed by atoms with Crippen molar-refractivity contribution in [2.24, 2.45) is 0 Å². The first-order chi connectivity index (χ1) is 8.11. The Kier molecular flexibility index (Phi) is 4.66. The van der Waals surface area contributed by atoms with E-state index in [0.29, 0.717) is 16.5 Å². The average molecular weight is 249 g/mol. The monoisotopic (exact) mass is 248 g/mol. The average Bonchev–Trinajstić information content (AvgIpc) is 2.30. The maximum absolute atomic E-state index is 8.30. The molecule has 0 aliphatic rings. The number of pyridine rings is 1. The van der Waals surface area contributed by atoms with Gasteiger partial charge >= 0.3 is 0 Å². The van der Waals surface area contributed by atoms with Crippen LogP contribution in [0.1, 0.15) is 5.56 Å². The molecule has 0 spiro atoms. The molecule has 0 aromatic carbocycles. The van der Waals surface area contributed by atoms with Crippen molar-refractivity contribution in [2.45, 2.75) is 0 Å². The fraction of sp³-hybridized carbons (Fsp3) is 0. The van der Waals surface area contributed by atoms with E-state index >= 15 is 0 Å². The van der Waals surface area contributed by atoms with Crippen LogP contribution < -0.4 is 11.5 Å². The molecule has 0 amide bonds. The third kappa shape index (κ3) is 4.77. The molecular weight excluding hydrogens is 240 g/mol. The van der Waals surface area contributed by atoms with Crippen molar-refractivity contribution in [3.63, 3.8) is 0 Å². The molecule has 0 fully saturated rings. The summed E-state index contributed by atoms with van der Waals surface area (Å²) >= 11 is 5.45. The van der Waals surface area contributed by atoms with Crippen LogP contribution in [0.25, 0.3) is 0 Å². The maximum Gasteiger partial charge on any atom is 0.221 e. The molecule has 2 rings (SSSR count). The summed E-state index contributed by atoms with van der Waals surface area (Å²) in [7, 11) is 0. The van der Waals surface area contributed by atoms with Gasteiger partial charge in [0.05, 0.1) is 5.56 Å². The van der Waals surface area contributed by atoms with Gasteiger partial charge in [0.2, 0.25) is 5.95 Å². The minimum absolute atomic E-state index is 0.213. The molecular formula is C10H9ClN6. The quantitative estimate of drug-likeness (QED) is 0.678. The highest BCUT2D eigenvalue weighted by molar-refractivity contribution is 6.29. The lowest BCUT2D eigenvalue weighted by molar-refractivity contribution is 1.19. The Morgan fingerprint density at radius 3 is 2.35 bits per heavy atom. The summed E-state index contributed by atoms with van der Waals surface area (Å²) in [6.07, 6.45) is 2.94. The number of hydrogen-bond acceptors (Lipinski definition) is 6. The minimum Gasteiger partial charge on any atom is -0.384 e. The van der Waals surface area contributed by atoms with E-state index in [9.17, 15) is 0 Å². The van der Waals surface area contributed by atoms with Gasteiger partial charge in [-0.05, 0) is 18.2 Å². The lowest BCUT2D eigenvalue weighted by atomic mass is 10.3. The topological polar surface area (TPSA) is 114 Å². The predicted molar refractivity (Wildman–Crippen MR) is 64.8 cm³/mol. The third-order valence-electron chi connectivity index (χ3n) is 1.55. The second kappa shape index (κ2) is 6.25. The first-order valence-electron chi connectivity index (χ1n) is 4.47. The van der Waals surface area contributed by atoms with Gasteiger partial charge in [-0.15, -0.1) is 0 Å². The van der Waals surface area contributed by atoms with Crippen LogP contribution in [0.5, 0.6) is 0 Å². The van der Waals surface area contributed by atoms with Crippen LogP contribution >= 0.6 is 11.6 Å². The van der Waals surface area contributed by atoms with E-state index in [1.165, 1.54) is 12.4 Å². The summed E-state index contributed by atoms with van der Waals surface area (Å²) in [5, 5.41) is 8.71. The number of nitrogens with zero attached hydrogens (tertiary/aromatic N) is 4. The van der Waals surface area contributed by atoms with Crippen LogP contribution in [0.4, 0.5) is 11.8 Å². The number of aromatic nitrogens is 3. The van der Waals surface area contributed by atoms with Crippen molar-refractivity contribution < 1.29 is 0 Å². The lowest BCUT2D eigenvalue weighted by Crippen LogP contribution is -1.96. The van der Waals surface area contributed by atoms with E-state index in [4.69, 9.17) is 28.3 Å². The zero-order valence-electron chi connectivity index (χ0n) is 8.71. The lowest BCUT2D eigenvalue weighted by Gasteiger charge is -1.89. The van der Waals surface area contributed by atoms with Crippen molar-refractivity contribution in [1.82, 2.24) is 15.0 Å². The van der Waals surface area contributed by atoms with E-state index in [-0.39, 0.29) is 5.95 Å². The van der Waals surface area contributed by atoms with Crippen molar-refractivity contribution >= 4 is 23.4 Å². The molecule has 7 heteroatoms. The fourth-order valence-electron chi connectivity index (χ4n) is 0.830. The van der Waals surface area contributed by atoms with E-state index < -0.39 is 0 Å². The molecule has 6 nitrogen and oxygen atoms in total. The fourth-order valence-corrected chi connectivity index (χ4v) is 0.942. The molecule has 2 aromatic heterocycles. The molecule has 0 bridgehead atoms. The highest BCUT2D eigenvalue weighted by Gasteiger charge is 1.88. The van der Waals surface area contributed by atoms with Gasteiger partial charge in [-0.2, -0.15) is 10.2 Å². The first-order valence-corrected chi connectivity index (χ1v) is 4.85. The summed E-state index contributed by atoms with van der Waals surface area (Å²) in [4.78, 5) is 10.9. The van der Waals surface area contributed by atoms with E-state index in [0.717, 1.165) is 0 Å². The van der Waals surface area contributed by atoms with Crippen molar-refractivity contribution in [3.05, 3.63) is 41.3 Å². The Morgan fingerprint density at radius 1 is 1.18 bits per heavy atom. The summed E-state index contributed by atoms with van der Waals surface area (Å²) in [5.74, 6) is 0.613. The number of nitrogens with two attached hydrogens (primary N) is 2. The van der Waals surface area contributed by atoms with Gasteiger partial charge in [-0.25, -0.2) is 9.97 Å². The summed E-state index contributed by atoms with van der Waals surface area (Å²) < 4.78 is 0. The van der Waals surface area contributed by atoms with Gasteiger partial charge < -0.3 is 11.5 Å². The van der Waals surface area contributed by atoms with Crippen molar-refractivity contribution in [3.8, 4) is 6.07 Å². The van der Waals surface area contributed by atoms with Crippen LogP contribution in [0.3, 0.4) is 0 Å². The number of anilines is 2. The predicted octanol–water partition coefficient (Wildman–Crippen LogP) is 1.25. The molecule has 2 heterocycles. The molecule has 0 atom stereocenters. The van der Waals surface area contributed by atoms with Gasteiger partial charge in [-0.1, -0.05) is 11.6 Å². The van der Waals surface area contributed by atoms with Gasteiger partial charge in [0.25, 0.3) is 0 Å². The normalized spacial score (nSPS) is 8.71. The molecule has 0 unspecified atom stereocenters. The minimum atomic E-state index is 0.213. The second-order valence-electron chi connectivity index (χ2n) is 2.82. The number of rotatable bonds is 0. The van der Waals surface area contributed by atoms with Crippen molar-refractivity contribution in [2.75, 3.05) is 11.5 Å². The molecule has 0 aliphatic heterocycles. The zero-order valence-corrected chi connectivity index (χ0v) is 9.46. The number of hydrogen-bond donors (Lipinski definition) is 2. The van der Waals surface area contributed by atoms with Crippen LogP contribution in [0, 0.1) is 11.3 Å². The Morgan fingerprint density at radius 2 is 1.94 bits per heavy atom. The standard InChI is InChI=1S/C6H3ClN2.C4H6N4/c7-6-2-1-5(3-8)4-9-6;5-3-1-2-7-4(6)8-3/h1-2,4H;1-2H,(H4,5,6,7,8). The SMILES string of the molecule is N#Cc1ccc(Cl)nc1.Nc1ccnc(N)n1. The van der Waals surface area contributed by atoms with Gasteiger partial charge in [0.15, 0.2) is 0 Å². The molecule has 0 radical (unpaired) electrons. The molecule has 4 N–H and O–H groups in total. The molecule has 0 saturated heterocycles. The number of halogens is 1. The summed E-state index contributed by atoms with van der Waals surface area (Å²) in [6.45, 7) is 0. The van der Waals surface area contributed by atoms with Crippen LogP contribution in [0.15, 0.2) is 30.6 Å². The number of nitriles is 1. The zero-order chi connectivity index (χ0) is 12.7. The van der Waals surface area contributed by atoms with Gasteiger partial charge in [0, 0.05) is 12.4 Å². The smallest absolute Gasteiger partial charge is 0.221 e. The molecule has 2 aromatic rings. The van der Waals surface area contributed by atoms with Crippen molar-refractivity contribution in [1.29, 1.82) is 5.26 Å². The summed E-state index contributed by atoms with van der Waals surface area (Å²) in [6, 6.07) is 6.72. The van der Waals surface area contributed by atoms with E-state index in [2.05, 4.69) is 15.0 Å².